The molecule has 3 nitrogen and oxygen atoms in total. The predicted molar refractivity (Wildman–Crippen MR) is 42.2 cm³/mol. The third kappa shape index (κ3) is 4.70. The van der Waals surface area contributed by atoms with E-state index in [4.69, 9.17) is 9.47 Å². The van der Waals surface area contributed by atoms with Crippen molar-refractivity contribution in [2.24, 2.45) is 0 Å². The molecule has 0 amide bonds. The molecule has 0 aliphatic heterocycles. The second-order valence-electron chi connectivity index (χ2n) is 2.09. The molecule has 0 heterocycles. The van der Waals surface area contributed by atoms with Gasteiger partial charge in [-0.1, -0.05) is 0 Å². The van der Waals surface area contributed by atoms with Crippen LogP contribution in [0.4, 0.5) is 0 Å². The number of aldehydes is 1. The fourth-order valence-electron chi connectivity index (χ4n) is 0.602. The molecule has 0 saturated heterocycles. The van der Waals surface area contributed by atoms with Gasteiger partial charge in [-0.15, -0.1) is 0 Å². The highest BCUT2D eigenvalue weighted by Crippen LogP contribution is 1.98. The van der Waals surface area contributed by atoms with Crippen molar-refractivity contribution < 1.29 is 14.3 Å². The van der Waals surface area contributed by atoms with Gasteiger partial charge in [0.15, 0.2) is 6.29 Å². The number of ether oxygens (including phenoxy) is 2. The molecule has 0 N–H and O–H groups in total. The Balaban J connectivity index is 3.93. The third-order valence-corrected chi connectivity index (χ3v) is 1.15. The smallest absolute Gasteiger partial charge is 0.177 e. The first-order valence-electron chi connectivity index (χ1n) is 3.52. The van der Waals surface area contributed by atoms with Crippen molar-refractivity contribution in [1.29, 1.82) is 0 Å². The molecule has 0 aromatic heterocycles. The van der Waals surface area contributed by atoms with Crippen molar-refractivity contribution in [1.82, 2.24) is 0 Å². The molecule has 0 aliphatic carbocycles. The molecule has 11 heavy (non-hydrogen) atoms. The summed E-state index contributed by atoms with van der Waals surface area (Å²) in [5.41, 5.74) is 0.616. The molecule has 0 radical (unpaired) electrons. The van der Waals surface area contributed by atoms with Crippen LogP contribution < -0.4 is 0 Å². The second kappa shape index (κ2) is 6.07. The number of rotatable bonds is 5. The average Bonchev–Trinajstić information content (AvgIpc) is 2.03. The van der Waals surface area contributed by atoms with Gasteiger partial charge in [-0.2, -0.15) is 0 Å². The summed E-state index contributed by atoms with van der Waals surface area (Å²) in [6.45, 7) is 4.15. The van der Waals surface area contributed by atoms with E-state index in [-0.39, 0.29) is 0 Å². The van der Waals surface area contributed by atoms with E-state index in [2.05, 4.69) is 0 Å². The molecule has 0 aromatic rings. The van der Waals surface area contributed by atoms with E-state index in [1.165, 1.54) is 7.11 Å². The van der Waals surface area contributed by atoms with E-state index in [0.717, 1.165) is 6.29 Å². The lowest BCUT2D eigenvalue weighted by atomic mass is 10.3. The Morgan fingerprint density at radius 3 is 2.64 bits per heavy atom. The van der Waals surface area contributed by atoms with Gasteiger partial charge >= 0.3 is 0 Å². The van der Waals surface area contributed by atoms with Gasteiger partial charge in [0.25, 0.3) is 0 Å². The lowest BCUT2D eigenvalue weighted by Crippen LogP contribution is -2.12. The molecule has 1 unspecified atom stereocenters. The maximum Gasteiger partial charge on any atom is 0.177 e. The van der Waals surface area contributed by atoms with Crippen LogP contribution in [0.15, 0.2) is 11.6 Å². The van der Waals surface area contributed by atoms with Gasteiger partial charge in [0.2, 0.25) is 0 Å². The molecule has 64 valence electrons. The van der Waals surface area contributed by atoms with Gasteiger partial charge in [0.05, 0.1) is 0 Å². The summed E-state index contributed by atoms with van der Waals surface area (Å²) in [6.07, 6.45) is 2.01. The highest BCUT2D eigenvalue weighted by Gasteiger charge is 2.01. The van der Waals surface area contributed by atoms with E-state index in [0.29, 0.717) is 12.2 Å². The Labute approximate surface area is 67.0 Å². The van der Waals surface area contributed by atoms with Crippen LogP contribution in [0.1, 0.15) is 13.8 Å². The molecular weight excluding hydrogens is 144 g/mol. The monoisotopic (exact) mass is 158 g/mol. The first kappa shape index (κ1) is 10.3. The Morgan fingerprint density at radius 2 is 2.27 bits per heavy atom. The molecule has 0 saturated carbocycles. The summed E-state index contributed by atoms with van der Waals surface area (Å²) < 4.78 is 10.0. The maximum absolute atomic E-state index is 10.2. The Bertz CT molecular complexity index is 140. The molecule has 0 rings (SSSR count). The quantitative estimate of drug-likeness (QED) is 0.342. The van der Waals surface area contributed by atoms with Crippen LogP contribution in [0.5, 0.6) is 0 Å². The van der Waals surface area contributed by atoms with Crippen molar-refractivity contribution in [2.75, 3.05) is 13.7 Å². The molecule has 0 aromatic carbocycles. The van der Waals surface area contributed by atoms with E-state index in [1.54, 1.807) is 13.0 Å². The van der Waals surface area contributed by atoms with Crippen LogP contribution in [-0.4, -0.2) is 26.3 Å². The summed E-state index contributed by atoms with van der Waals surface area (Å²) >= 11 is 0. The zero-order valence-corrected chi connectivity index (χ0v) is 7.16. The number of hydrogen-bond acceptors (Lipinski definition) is 3. The SMILES string of the molecule is CCOC(/C=C(/C)C=O)OC. The first-order valence-corrected chi connectivity index (χ1v) is 3.52. The van der Waals surface area contributed by atoms with Gasteiger partial charge in [0, 0.05) is 13.7 Å². The number of carbonyl (C=O) groups excluding carboxylic acids is 1. The van der Waals surface area contributed by atoms with Gasteiger partial charge < -0.3 is 9.47 Å². The molecular formula is C8H14O3. The number of carbonyl (C=O) groups is 1. The summed E-state index contributed by atoms with van der Waals surface area (Å²) in [6, 6.07) is 0. The molecule has 0 aliphatic rings. The summed E-state index contributed by atoms with van der Waals surface area (Å²) in [5, 5.41) is 0. The van der Waals surface area contributed by atoms with Crippen molar-refractivity contribution in [2.45, 2.75) is 20.1 Å². The predicted octanol–water partition coefficient (Wildman–Crippen LogP) is 1.14. The van der Waals surface area contributed by atoms with Crippen molar-refractivity contribution in [3.8, 4) is 0 Å². The Morgan fingerprint density at radius 1 is 1.64 bits per heavy atom. The lowest BCUT2D eigenvalue weighted by molar-refractivity contribution is -0.105. The van der Waals surface area contributed by atoms with Crippen LogP contribution in [0.25, 0.3) is 0 Å². The Hall–Kier alpha value is -0.670. The highest BCUT2D eigenvalue weighted by molar-refractivity contribution is 5.72. The van der Waals surface area contributed by atoms with Crippen molar-refractivity contribution in [3.05, 3.63) is 11.6 Å². The van der Waals surface area contributed by atoms with Gasteiger partial charge in [-0.3, -0.25) is 4.79 Å². The van der Waals surface area contributed by atoms with Gasteiger partial charge in [0.1, 0.15) is 6.29 Å². The number of hydrogen-bond donors (Lipinski definition) is 0. The normalized spacial score (nSPS) is 14.6. The molecule has 0 spiro atoms. The number of methoxy groups -OCH3 is 1. The molecule has 0 fully saturated rings. The summed E-state index contributed by atoms with van der Waals surface area (Å²) in [4.78, 5) is 10.2. The van der Waals surface area contributed by atoms with E-state index < -0.39 is 6.29 Å². The summed E-state index contributed by atoms with van der Waals surface area (Å²) in [5.74, 6) is 0. The fraction of sp³-hybridized carbons (Fsp3) is 0.625. The number of allylic oxidation sites excluding steroid dienone is 1. The zero-order chi connectivity index (χ0) is 8.69. The van der Waals surface area contributed by atoms with Crippen LogP contribution in [0, 0.1) is 0 Å². The van der Waals surface area contributed by atoms with Crippen molar-refractivity contribution in [3.63, 3.8) is 0 Å². The fourth-order valence-corrected chi connectivity index (χ4v) is 0.602. The van der Waals surface area contributed by atoms with E-state index in [1.807, 2.05) is 6.92 Å². The van der Waals surface area contributed by atoms with Crippen LogP contribution in [-0.2, 0) is 14.3 Å². The molecule has 0 bridgehead atoms. The average molecular weight is 158 g/mol. The lowest BCUT2D eigenvalue weighted by Gasteiger charge is -2.10. The van der Waals surface area contributed by atoms with Crippen LogP contribution in [0.2, 0.25) is 0 Å². The standard InChI is InChI=1S/C8H14O3/c1-4-11-8(10-3)5-7(2)6-9/h5-6,8H,4H2,1-3H3/b7-5-. The van der Waals surface area contributed by atoms with Gasteiger partial charge in [-0.05, 0) is 25.5 Å². The third-order valence-electron chi connectivity index (χ3n) is 1.15. The second-order valence-corrected chi connectivity index (χ2v) is 2.09. The first-order chi connectivity index (χ1) is 5.24. The van der Waals surface area contributed by atoms with Crippen LogP contribution in [0.3, 0.4) is 0 Å². The summed E-state index contributed by atoms with van der Waals surface area (Å²) in [7, 11) is 1.54. The van der Waals surface area contributed by atoms with Crippen LogP contribution >= 0.6 is 0 Å². The van der Waals surface area contributed by atoms with E-state index >= 15 is 0 Å². The van der Waals surface area contributed by atoms with Crippen molar-refractivity contribution >= 4 is 6.29 Å². The van der Waals surface area contributed by atoms with E-state index in [9.17, 15) is 4.79 Å². The highest BCUT2D eigenvalue weighted by atomic mass is 16.7. The zero-order valence-electron chi connectivity index (χ0n) is 7.16. The largest absolute Gasteiger partial charge is 0.352 e. The molecule has 1 atom stereocenters. The maximum atomic E-state index is 10.2. The topological polar surface area (TPSA) is 35.5 Å². The minimum absolute atomic E-state index is 0.398. The van der Waals surface area contributed by atoms with Gasteiger partial charge in [-0.25, -0.2) is 0 Å². The Kier molecular flexibility index (Phi) is 5.70. The molecule has 3 heteroatoms. The minimum Gasteiger partial charge on any atom is -0.352 e. The minimum atomic E-state index is -0.398.